The van der Waals surface area contributed by atoms with Gasteiger partial charge in [-0.05, 0) is 26.0 Å². The van der Waals surface area contributed by atoms with Crippen LogP contribution < -0.4 is 10.7 Å². The molecule has 106 valence electrons. The standard InChI is InChI=1S/C13H16N4O3/c1-9(10(2)17-20)15-16-12(18)8-14-13(19)11-6-4-3-5-7-11/h3-7,20H,8H2,1-2H3,(H,14,19)(H,16,18)/b15-9-,17-10-. The minimum absolute atomic E-state index is 0.195. The summed E-state index contributed by atoms with van der Waals surface area (Å²) in [6, 6.07) is 8.57. The van der Waals surface area contributed by atoms with Gasteiger partial charge in [0.25, 0.3) is 11.8 Å². The van der Waals surface area contributed by atoms with E-state index < -0.39 is 5.91 Å². The molecule has 1 aromatic rings. The number of amides is 2. The summed E-state index contributed by atoms with van der Waals surface area (Å²) in [5, 5.41) is 17.6. The number of nitrogens with zero attached hydrogens (tertiary/aromatic N) is 2. The third-order valence-electron chi connectivity index (χ3n) is 2.47. The van der Waals surface area contributed by atoms with Gasteiger partial charge in [-0.15, -0.1) is 0 Å². The van der Waals surface area contributed by atoms with Gasteiger partial charge in [0.15, 0.2) is 0 Å². The molecule has 0 fully saturated rings. The van der Waals surface area contributed by atoms with E-state index in [1.807, 2.05) is 0 Å². The molecular formula is C13H16N4O3. The number of hydrogen-bond acceptors (Lipinski definition) is 5. The minimum atomic E-state index is -0.473. The van der Waals surface area contributed by atoms with Crippen molar-refractivity contribution in [1.82, 2.24) is 10.7 Å². The molecule has 7 nitrogen and oxygen atoms in total. The number of rotatable bonds is 5. The van der Waals surface area contributed by atoms with Gasteiger partial charge in [-0.1, -0.05) is 23.4 Å². The second-order valence-corrected chi connectivity index (χ2v) is 3.97. The van der Waals surface area contributed by atoms with Crippen LogP contribution in [-0.2, 0) is 4.79 Å². The van der Waals surface area contributed by atoms with Crippen molar-refractivity contribution in [3.05, 3.63) is 35.9 Å². The van der Waals surface area contributed by atoms with E-state index in [0.29, 0.717) is 17.0 Å². The van der Waals surface area contributed by atoms with Gasteiger partial charge in [0.2, 0.25) is 0 Å². The maximum Gasteiger partial charge on any atom is 0.259 e. The first-order valence-corrected chi connectivity index (χ1v) is 5.90. The predicted octanol–water partition coefficient (Wildman–Crippen LogP) is 0.759. The fourth-order valence-electron chi connectivity index (χ4n) is 1.19. The van der Waals surface area contributed by atoms with E-state index in [1.165, 1.54) is 0 Å². The molecule has 2 amide bonds. The zero-order chi connectivity index (χ0) is 15.0. The van der Waals surface area contributed by atoms with E-state index in [0.717, 1.165) is 0 Å². The molecule has 0 heterocycles. The molecule has 7 heteroatoms. The Morgan fingerprint density at radius 1 is 1.15 bits per heavy atom. The lowest BCUT2D eigenvalue weighted by Crippen LogP contribution is -2.35. The SMILES string of the molecule is CC(=N/O)/C(C)=N\NC(=O)CNC(=O)c1ccccc1. The van der Waals surface area contributed by atoms with Crippen LogP contribution in [0.15, 0.2) is 40.6 Å². The molecule has 0 atom stereocenters. The van der Waals surface area contributed by atoms with Gasteiger partial charge < -0.3 is 10.5 Å². The Morgan fingerprint density at radius 2 is 1.80 bits per heavy atom. The summed E-state index contributed by atoms with van der Waals surface area (Å²) in [5.74, 6) is -0.811. The van der Waals surface area contributed by atoms with Crippen LogP contribution in [0, 0.1) is 0 Å². The van der Waals surface area contributed by atoms with Crippen LogP contribution in [0.25, 0.3) is 0 Å². The summed E-state index contributed by atoms with van der Waals surface area (Å²) >= 11 is 0. The van der Waals surface area contributed by atoms with Crippen LogP contribution in [-0.4, -0.2) is 35.0 Å². The third-order valence-corrected chi connectivity index (χ3v) is 2.47. The normalized spacial score (nSPS) is 11.9. The molecule has 0 unspecified atom stereocenters. The molecule has 1 rings (SSSR count). The molecule has 20 heavy (non-hydrogen) atoms. The number of hydrogen-bond donors (Lipinski definition) is 3. The second kappa shape index (κ2) is 7.67. The zero-order valence-corrected chi connectivity index (χ0v) is 11.3. The van der Waals surface area contributed by atoms with E-state index in [-0.39, 0.29) is 12.5 Å². The fourth-order valence-corrected chi connectivity index (χ4v) is 1.19. The number of oxime groups is 1. The van der Waals surface area contributed by atoms with E-state index in [2.05, 4.69) is 21.0 Å². The second-order valence-electron chi connectivity index (χ2n) is 3.97. The average Bonchev–Trinajstić information content (AvgIpc) is 2.50. The molecule has 0 bridgehead atoms. The van der Waals surface area contributed by atoms with Crippen molar-refractivity contribution < 1.29 is 14.8 Å². The van der Waals surface area contributed by atoms with E-state index >= 15 is 0 Å². The van der Waals surface area contributed by atoms with Gasteiger partial charge in [-0.2, -0.15) is 5.10 Å². The first-order valence-electron chi connectivity index (χ1n) is 5.90. The van der Waals surface area contributed by atoms with Crippen LogP contribution in [0.3, 0.4) is 0 Å². The van der Waals surface area contributed by atoms with Crippen LogP contribution in [0.4, 0.5) is 0 Å². The smallest absolute Gasteiger partial charge is 0.259 e. The third kappa shape index (κ3) is 4.89. The highest BCUT2D eigenvalue weighted by Gasteiger charge is 2.07. The number of nitrogens with one attached hydrogen (secondary N) is 2. The average molecular weight is 276 g/mol. The Balaban J connectivity index is 2.43. The summed E-state index contributed by atoms with van der Waals surface area (Å²) in [5.41, 5.74) is 3.38. The quantitative estimate of drug-likeness (QED) is 0.420. The highest BCUT2D eigenvalue weighted by atomic mass is 16.4. The molecule has 0 saturated heterocycles. The van der Waals surface area contributed by atoms with Crippen molar-refractivity contribution in [3.8, 4) is 0 Å². The van der Waals surface area contributed by atoms with Crippen LogP contribution in [0.1, 0.15) is 24.2 Å². The lowest BCUT2D eigenvalue weighted by molar-refractivity contribution is -0.120. The molecule has 3 N–H and O–H groups in total. The van der Waals surface area contributed by atoms with E-state index in [4.69, 9.17) is 5.21 Å². The minimum Gasteiger partial charge on any atom is -0.411 e. The Kier molecular flexibility index (Phi) is 5.89. The van der Waals surface area contributed by atoms with E-state index in [1.54, 1.807) is 44.2 Å². The number of benzene rings is 1. The van der Waals surface area contributed by atoms with Crippen molar-refractivity contribution in [1.29, 1.82) is 0 Å². The van der Waals surface area contributed by atoms with Gasteiger partial charge >= 0.3 is 0 Å². The molecule has 0 aliphatic rings. The molecule has 0 radical (unpaired) electrons. The van der Waals surface area contributed by atoms with Gasteiger partial charge in [-0.25, -0.2) is 5.43 Å². The highest BCUT2D eigenvalue weighted by Crippen LogP contribution is 1.97. The molecule has 0 aliphatic heterocycles. The topological polar surface area (TPSA) is 103 Å². The summed E-state index contributed by atoms with van der Waals surface area (Å²) in [6.45, 7) is 2.93. The van der Waals surface area contributed by atoms with Gasteiger partial charge in [-0.3, -0.25) is 9.59 Å². The van der Waals surface area contributed by atoms with E-state index in [9.17, 15) is 9.59 Å². The summed E-state index contributed by atoms with van der Waals surface area (Å²) in [6.07, 6.45) is 0. The maximum absolute atomic E-state index is 11.7. The van der Waals surface area contributed by atoms with Crippen LogP contribution in [0.2, 0.25) is 0 Å². The molecular weight excluding hydrogens is 260 g/mol. The number of hydrazone groups is 1. The van der Waals surface area contributed by atoms with Crippen molar-refractivity contribution >= 4 is 23.2 Å². The Labute approximate surface area is 116 Å². The fraction of sp³-hybridized carbons (Fsp3) is 0.231. The summed E-state index contributed by atoms with van der Waals surface area (Å²) in [7, 11) is 0. The molecule has 0 saturated carbocycles. The van der Waals surface area contributed by atoms with Crippen molar-refractivity contribution in [2.75, 3.05) is 6.54 Å². The zero-order valence-electron chi connectivity index (χ0n) is 11.3. The molecule has 0 spiro atoms. The largest absolute Gasteiger partial charge is 0.411 e. The Morgan fingerprint density at radius 3 is 2.40 bits per heavy atom. The summed E-state index contributed by atoms with van der Waals surface area (Å²) in [4.78, 5) is 23.1. The summed E-state index contributed by atoms with van der Waals surface area (Å²) < 4.78 is 0. The van der Waals surface area contributed by atoms with Crippen LogP contribution in [0.5, 0.6) is 0 Å². The van der Waals surface area contributed by atoms with Crippen molar-refractivity contribution in [2.24, 2.45) is 10.3 Å². The highest BCUT2D eigenvalue weighted by molar-refractivity contribution is 6.40. The van der Waals surface area contributed by atoms with Gasteiger partial charge in [0, 0.05) is 5.56 Å². The number of carbonyl (C=O) groups is 2. The van der Waals surface area contributed by atoms with Crippen molar-refractivity contribution in [3.63, 3.8) is 0 Å². The molecule has 0 aliphatic carbocycles. The van der Waals surface area contributed by atoms with Gasteiger partial charge in [0.1, 0.15) is 0 Å². The lowest BCUT2D eigenvalue weighted by atomic mass is 10.2. The molecule has 0 aromatic heterocycles. The predicted molar refractivity (Wildman–Crippen MR) is 74.9 cm³/mol. The monoisotopic (exact) mass is 276 g/mol. The maximum atomic E-state index is 11.7. The molecule has 1 aromatic carbocycles. The Bertz CT molecular complexity index is 538. The Hall–Kier alpha value is -2.70. The van der Waals surface area contributed by atoms with Crippen LogP contribution >= 0.6 is 0 Å². The van der Waals surface area contributed by atoms with Crippen molar-refractivity contribution in [2.45, 2.75) is 13.8 Å². The van der Waals surface area contributed by atoms with Gasteiger partial charge in [0.05, 0.1) is 18.0 Å². The lowest BCUT2D eigenvalue weighted by Gasteiger charge is -2.04. The first-order chi connectivity index (χ1) is 9.54. The first kappa shape index (κ1) is 15.4. The number of carbonyl (C=O) groups excluding carboxylic acids is 2.